The van der Waals surface area contributed by atoms with E-state index in [2.05, 4.69) is 36.4 Å². The SMILES string of the molecule is C=C1c2[nH]ccc2CCN1C(C)C. The average molecular weight is 176 g/mol. The van der Waals surface area contributed by atoms with Crippen LogP contribution in [0.25, 0.3) is 5.70 Å². The van der Waals surface area contributed by atoms with Crippen molar-refractivity contribution in [3.05, 3.63) is 30.1 Å². The summed E-state index contributed by atoms with van der Waals surface area (Å²) in [6, 6.07) is 2.70. The molecule has 1 aliphatic rings. The van der Waals surface area contributed by atoms with E-state index in [-0.39, 0.29) is 0 Å². The van der Waals surface area contributed by atoms with E-state index in [1.807, 2.05) is 6.20 Å². The van der Waals surface area contributed by atoms with Gasteiger partial charge in [0.05, 0.1) is 11.4 Å². The molecular formula is C11H16N2. The number of hydrogen-bond donors (Lipinski definition) is 1. The Morgan fingerprint density at radius 3 is 3.00 bits per heavy atom. The molecule has 0 bridgehead atoms. The smallest absolute Gasteiger partial charge is 0.0645 e. The third-order valence-electron chi connectivity index (χ3n) is 2.71. The maximum atomic E-state index is 4.13. The van der Waals surface area contributed by atoms with Gasteiger partial charge in [0.1, 0.15) is 0 Å². The molecule has 2 heterocycles. The molecule has 2 heteroatoms. The fourth-order valence-corrected chi connectivity index (χ4v) is 1.97. The summed E-state index contributed by atoms with van der Waals surface area (Å²) in [6.45, 7) is 9.64. The Hall–Kier alpha value is -1.18. The molecule has 2 rings (SSSR count). The van der Waals surface area contributed by atoms with Gasteiger partial charge in [0.25, 0.3) is 0 Å². The predicted molar refractivity (Wildman–Crippen MR) is 55.4 cm³/mol. The van der Waals surface area contributed by atoms with Crippen molar-refractivity contribution in [2.45, 2.75) is 26.3 Å². The highest BCUT2D eigenvalue weighted by molar-refractivity contribution is 5.64. The van der Waals surface area contributed by atoms with Crippen LogP contribution in [0.5, 0.6) is 0 Å². The lowest BCUT2D eigenvalue weighted by Gasteiger charge is -2.34. The molecule has 0 unspecified atom stereocenters. The molecule has 0 fully saturated rings. The Morgan fingerprint density at radius 2 is 2.31 bits per heavy atom. The molecule has 1 aliphatic heterocycles. The second-order valence-corrected chi connectivity index (χ2v) is 3.86. The van der Waals surface area contributed by atoms with Gasteiger partial charge >= 0.3 is 0 Å². The van der Waals surface area contributed by atoms with Gasteiger partial charge in [-0.15, -0.1) is 0 Å². The van der Waals surface area contributed by atoms with Crippen LogP contribution in [0.1, 0.15) is 25.1 Å². The number of fused-ring (bicyclic) bond motifs is 1. The van der Waals surface area contributed by atoms with Crippen LogP contribution < -0.4 is 0 Å². The molecule has 1 aromatic heterocycles. The quantitative estimate of drug-likeness (QED) is 0.695. The first-order valence-corrected chi connectivity index (χ1v) is 4.82. The van der Waals surface area contributed by atoms with Gasteiger partial charge in [0.2, 0.25) is 0 Å². The van der Waals surface area contributed by atoms with Crippen LogP contribution in [0.15, 0.2) is 18.8 Å². The largest absolute Gasteiger partial charge is 0.368 e. The van der Waals surface area contributed by atoms with Crippen LogP contribution in [0, 0.1) is 0 Å². The van der Waals surface area contributed by atoms with Crippen LogP contribution in [0.2, 0.25) is 0 Å². The molecular weight excluding hydrogens is 160 g/mol. The molecule has 1 aromatic rings. The topological polar surface area (TPSA) is 19.0 Å². The van der Waals surface area contributed by atoms with Crippen molar-refractivity contribution in [1.29, 1.82) is 0 Å². The molecule has 13 heavy (non-hydrogen) atoms. The Morgan fingerprint density at radius 1 is 1.54 bits per heavy atom. The van der Waals surface area contributed by atoms with E-state index in [9.17, 15) is 0 Å². The summed E-state index contributed by atoms with van der Waals surface area (Å²) in [4.78, 5) is 5.60. The molecule has 0 aromatic carbocycles. The minimum atomic E-state index is 0.545. The number of aromatic nitrogens is 1. The van der Waals surface area contributed by atoms with Gasteiger partial charge in [0, 0.05) is 18.8 Å². The maximum absolute atomic E-state index is 4.13. The van der Waals surface area contributed by atoms with E-state index in [0.29, 0.717) is 6.04 Å². The summed E-state index contributed by atoms with van der Waals surface area (Å²) < 4.78 is 0. The van der Waals surface area contributed by atoms with Crippen LogP contribution in [0.3, 0.4) is 0 Å². The number of rotatable bonds is 1. The van der Waals surface area contributed by atoms with E-state index in [0.717, 1.165) is 18.7 Å². The molecule has 0 saturated carbocycles. The molecule has 1 N–H and O–H groups in total. The highest BCUT2D eigenvalue weighted by Crippen LogP contribution is 2.27. The summed E-state index contributed by atoms with van der Waals surface area (Å²) in [5, 5.41) is 0. The van der Waals surface area contributed by atoms with Gasteiger partial charge in [0.15, 0.2) is 0 Å². The zero-order chi connectivity index (χ0) is 9.42. The van der Waals surface area contributed by atoms with E-state index in [1.165, 1.54) is 11.3 Å². The van der Waals surface area contributed by atoms with Crippen molar-refractivity contribution >= 4 is 5.70 Å². The molecule has 0 atom stereocenters. The van der Waals surface area contributed by atoms with Crippen LogP contribution in [-0.2, 0) is 6.42 Å². The highest BCUT2D eigenvalue weighted by atomic mass is 15.2. The minimum Gasteiger partial charge on any atom is -0.368 e. The molecule has 0 spiro atoms. The summed E-state index contributed by atoms with van der Waals surface area (Å²) in [5.74, 6) is 0. The van der Waals surface area contributed by atoms with Crippen molar-refractivity contribution in [1.82, 2.24) is 9.88 Å². The van der Waals surface area contributed by atoms with Crippen molar-refractivity contribution < 1.29 is 0 Å². The van der Waals surface area contributed by atoms with Gasteiger partial charge < -0.3 is 9.88 Å². The Labute approximate surface area is 79.3 Å². The van der Waals surface area contributed by atoms with E-state index < -0.39 is 0 Å². The summed E-state index contributed by atoms with van der Waals surface area (Å²) in [5.41, 5.74) is 3.77. The van der Waals surface area contributed by atoms with Crippen molar-refractivity contribution in [3.63, 3.8) is 0 Å². The van der Waals surface area contributed by atoms with Crippen molar-refractivity contribution in [2.24, 2.45) is 0 Å². The number of nitrogens with one attached hydrogen (secondary N) is 1. The number of nitrogens with zero attached hydrogens (tertiary/aromatic N) is 1. The molecule has 0 radical (unpaired) electrons. The predicted octanol–water partition coefficient (Wildman–Crippen LogP) is 2.25. The summed E-state index contributed by atoms with van der Waals surface area (Å²) in [6.07, 6.45) is 3.13. The minimum absolute atomic E-state index is 0.545. The van der Waals surface area contributed by atoms with Gasteiger partial charge in [-0.3, -0.25) is 0 Å². The summed E-state index contributed by atoms with van der Waals surface area (Å²) in [7, 11) is 0. The zero-order valence-corrected chi connectivity index (χ0v) is 8.30. The van der Waals surface area contributed by atoms with Gasteiger partial charge in [-0.05, 0) is 31.9 Å². The van der Waals surface area contributed by atoms with Crippen LogP contribution in [-0.4, -0.2) is 22.5 Å². The first kappa shape index (κ1) is 8.42. The van der Waals surface area contributed by atoms with Gasteiger partial charge in [-0.2, -0.15) is 0 Å². The fourth-order valence-electron chi connectivity index (χ4n) is 1.97. The second-order valence-electron chi connectivity index (χ2n) is 3.86. The number of aromatic amines is 1. The van der Waals surface area contributed by atoms with Gasteiger partial charge in [-0.25, -0.2) is 0 Å². The normalized spacial score (nSPS) is 16.5. The third kappa shape index (κ3) is 1.26. The fraction of sp³-hybridized carbons (Fsp3) is 0.455. The van der Waals surface area contributed by atoms with Gasteiger partial charge in [-0.1, -0.05) is 6.58 Å². The lowest BCUT2D eigenvalue weighted by Crippen LogP contribution is -2.34. The maximum Gasteiger partial charge on any atom is 0.0645 e. The van der Waals surface area contributed by atoms with E-state index >= 15 is 0 Å². The Kier molecular flexibility index (Phi) is 1.91. The van der Waals surface area contributed by atoms with E-state index in [1.54, 1.807) is 0 Å². The zero-order valence-electron chi connectivity index (χ0n) is 8.30. The van der Waals surface area contributed by atoms with Crippen molar-refractivity contribution in [3.8, 4) is 0 Å². The first-order chi connectivity index (χ1) is 6.20. The Balaban J connectivity index is 2.32. The lowest BCUT2D eigenvalue weighted by molar-refractivity contribution is 0.325. The van der Waals surface area contributed by atoms with Crippen LogP contribution >= 0.6 is 0 Å². The molecule has 0 aliphatic carbocycles. The Bertz CT molecular complexity index is 323. The first-order valence-electron chi connectivity index (χ1n) is 4.82. The molecule has 0 saturated heterocycles. The molecule has 0 amide bonds. The van der Waals surface area contributed by atoms with Crippen LogP contribution in [0.4, 0.5) is 0 Å². The molecule has 2 nitrogen and oxygen atoms in total. The van der Waals surface area contributed by atoms with Crippen molar-refractivity contribution in [2.75, 3.05) is 6.54 Å². The third-order valence-corrected chi connectivity index (χ3v) is 2.71. The number of H-pyrrole nitrogens is 1. The monoisotopic (exact) mass is 176 g/mol. The summed E-state index contributed by atoms with van der Waals surface area (Å²) >= 11 is 0. The standard InChI is InChI=1S/C11H16N2/c1-8(2)13-7-5-10-4-6-12-11(10)9(13)3/h4,6,8,12H,3,5,7H2,1-2H3. The van der Waals surface area contributed by atoms with E-state index in [4.69, 9.17) is 0 Å². The second kappa shape index (κ2) is 2.95. The lowest BCUT2D eigenvalue weighted by atomic mass is 10.0. The average Bonchev–Trinajstić information content (AvgIpc) is 2.52. The highest BCUT2D eigenvalue weighted by Gasteiger charge is 2.21. The number of hydrogen-bond acceptors (Lipinski definition) is 1. The molecule has 70 valence electrons.